The highest BCUT2D eigenvalue weighted by Gasteiger charge is 2.32. The van der Waals surface area contributed by atoms with Gasteiger partial charge >= 0.3 is 0 Å². The van der Waals surface area contributed by atoms with Gasteiger partial charge in [-0.2, -0.15) is 0 Å². The van der Waals surface area contributed by atoms with Crippen molar-refractivity contribution in [2.75, 3.05) is 28.3 Å². The molecule has 0 radical (unpaired) electrons. The first-order valence-corrected chi connectivity index (χ1v) is 9.76. The van der Waals surface area contributed by atoms with E-state index in [-0.39, 0.29) is 17.5 Å². The zero-order chi connectivity index (χ0) is 16.3. The lowest BCUT2D eigenvalue weighted by Crippen LogP contribution is -2.37. The third-order valence-corrected chi connectivity index (χ3v) is 5.87. The van der Waals surface area contributed by atoms with Crippen LogP contribution in [-0.2, 0) is 9.84 Å². The summed E-state index contributed by atoms with van der Waals surface area (Å²) in [7, 11) is -2.90. The molecule has 0 aliphatic carbocycles. The number of hydrogen-bond donors (Lipinski definition) is 1. The van der Waals surface area contributed by atoms with E-state index in [1.54, 1.807) is 0 Å². The summed E-state index contributed by atoms with van der Waals surface area (Å²) >= 11 is 0. The van der Waals surface area contributed by atoms with Crippen LogP contribution in [0.4, 0.5) is 11.6 Å². The van der Waals surface area contributed by atoms with Crippen LogP contribution in [-0.4, -0.2) is 48.5 Å². The number of nitrogens with one attached hydrogen (secondary N) is 1. The van der Waals surface area contributed by atoms with Crippen molar-refractivity contribution in [3.8, 4) is 0 Å². The van der Waals surface area contributed by atoms with Crippen molar-refractivity contribution in [2.45, 2.75) is 52.6 Å². The van der Waals surface area contributed by atoms with Gasteiger partial charge in [-0.15, -0.1) is 0 Å². The van der Waals surface area contributed by atoms with Gasteiger partial charge in [0.25, 0.3) is 0 Å². The number of aromatic nitrogens is 2. The van der Waals surface area contributed by atoms with Crippen molar-refractivity contribution in [1.82, 2.24) is 9.97 Å². The molecule has 0 amide bonds. The van der Waals surface area contributed by atoms with Crippen LogP contribution in [0.5, 0.6) is 0 Å². The smallest absolute Gasteiger partial charge is 0.152 e. The summed E-state index contributed by atoms with van der Waals surface area (Å²) in [4.78, 5) is 11.0. The van der Waals surface area contributed by atoms with Gasteiger partial charge in [-0.05, 0) is 33.6 Å². The van der Waals surface area contributed by atoms with E-state index >= 15 is 0 Å². The average molecular weight is 326 g/mol. The van der Waals surface area contributed by atoms with Gasteiger partial charge in [-0.3, -0.25) is 0 Å². The molecule has 1 fully saturated rings. The summed E-state index contributed by atoms with van der Waals surface area (Å²) in [5.41, 5.74) is 0. The fourth-order valence-corrected chi connectivity index (χ4v) is 4.49. The van der Waals surface area contributed by atoms with E-state index in [0.717, 1.165) is 24.6 Å². The largest absolute Gasteiger partial charge is 0.367 e. The molecule has 124 valence electrons. The number of hydrogen-bond acceptors (Lipinski definition) is 6. The second-order valence-electron chi connectivity index (χ2n) is 5.96. The van der Waals surface area contributed by atoms with Gasteiger partial charge < -0.3 is 10.2 Å². The minimum atomic E-state index is -2.90. The van der Waals surface area contributed by atoms with Gasteiger partial charge in [0.05, 0.1) is 11.5 Å². The Bertz CT molecular complexity index is 618. The first kappa shape index (κ1) is 17.0. The van der Waals surface area contributed by atoms with Crippen LogP contribution in [0.2, 0.25) is 0 Å². The number of aryl methyl sites for hydroxylation is 1. The Morgan fingerprint density at radius 3 is 2.68 bits per heavy atom. The molecule has 1 aromatic heterocycles. The topological polar surface area (TPSA) is 75.2 Å². The molecule has 2 atom stereocenters. The Kier molecular flexibility index (Phi) is 5.26. The molecule has 0 bridgehead atoms. The summed E-state index contributed by atoms with van der Waals surface area (Å²) in [5, 5.41) is 3.36. The molecule has 22 heavy (non-hydrogen) atoms. The number of rotatable bonds is 6. The van der Waals surface area contributed by atoms with Crippen molar-refractivity contribution < 1.29 is 8.42 Å². The van der Waals surface area contributed by atoms with E-state index in [9.17, 15) is 8.42 Å². The number of nitrogens with zero attached hydrogens (tertiary/aromatic N) is 3. The molecule has 7 heteroatoms. The standard InChI is InChI=1S/C15H26N4O2S/c1-5-11(3)16-14-9-15(18-12(4)17-14)19(6-2)13-7-8-22(20,21)10-13/h9,11,13H,5-8,10H2,1-4H3,(H,16,17,18). The van der Waals surface area contributed by atoms with Crippen LogP contribution < -0.4 is 10.2 Å². The Morgan fingerprint density at radius 2 is 2.14 bits per heavy atom. The molecule has 0 aromatic carbocycles. The predicted octanol–water partition coefficient (Wildman–Crippen LogP) is 2.01. The molecule has 2 unspecified atom stereocenters. The summed E-state index contributed by atoms with van der Waals surface area (Å²) in [6.07, 6.45) is 1.68. The Hall–Kier alpha value is -1.37. The van der Waals surface area contributed by atoms with Gasteiger partial charge in [-0.25, -0.2) is 18.4 Å². The van der Waals surface area contributed by atoms with Crippen LogP contribution in [0.1, 0.15) is 39.4 Å². The Morgan fingerprint density at radius 1 is 1.41 bits per heavy atom. The van der Waals surface area contributed by atoms with Crippen LogP contribution >= 0.6 is 0 Å². The van der Waals surface area contributed by atoms with Gasteiger partial charge in [0.15, 0.2) is 9.84 Å². The Labute approximate surface area is 133 Å². The lowest BCUT2D eigenvalue weighted by Gasteiger charge is -2.28. The molecular formula is C15H26N4O2S. The van der Waals surface area contributed by atoms with Crippen LogP contribution in [0.25, 0.3) is 0 Å². The normalized spacial score (nSPS) is 21.5. The van der Waals surface area contributed by atoms with E-state index in [1.165, 1.54) is 0 Å². The molecule has 6 nitrogen and oxygen atoms in total. The first-order valence-electron chi connectivity index (χ1n) is 7.94. The molecular weight excluding hydrogens is 300 g/mol. The molecule has 1 saturated heterocycles. The lowest BCUT2D eigenvalue weighted by atomic mass is 10.2. The number of sulfone groups is 1. The van der Waals surface area contributed by atoms with E-state index in [0.29, 0.717) is 18.3 Å². The molecule has 1 N–H and O–H groups in total. The maximum Gasteiger partial charge on any atom is 0.152 e. The zero-order valence-corrected chi connectivity index (χ0v) is 14.7. The van der Waals surface area contributed by atoms with E-state index in [4.69, 9.17) is 0 Å². The highest BCUT2D eigenvalue weighted by molar-refractivity contribution is 7.91. The third kappa shape index (κ3) is 4.09. The van der Waals surface area contributed by atoms with Crippen molar-refractivity contribution in [3.05, 3.63) is 11.9 Å². The van der Waals surface area contributed by atoms with Crippen molar-refractivity contribution in [2.24, 2.45) is 0 Å². The Balaban J connectivity index is 2.25. The fourth-order valence-electron chi connectivity index (χ4n) is 2.76. The van der Waals surface area contributed by atoms with Crippen LogP contribution in [0.3, 0.4) is 0 Å². The van der Waals surface area contributed by atoms with Crippen molar-refractivity contribution in [3.63, 3.8) is 0 Å². The van der Waals surface area contributed by atoms with Crippen LogP contribution in [0, 0.1) is 6.92 Å². The van der Waals surface area contributed by atoms with E-state index in [2.05, 4.69) is 34.0 Å². The summed E-state index contributed by atoms with van der Waals surface area (Å²) < 4.78 is 23.5. The SMILES string of the molecule is CCC(C)Nc1cc(N(CC)C2CCS(=O)(=O)C2)nc(C)n1. The van der Waals surface area contributed by atoms with Gasteiger partial charge in [-0.1, -0.05) is 6.92 Å². The molecule has 2 heterocycles. The highest BCUT2D eigenvalue weighted by atomic mass is 32.2. The van der Waals surface area contributed by atoms with Gasteiger partial charge in [0.2, 0.25) is 0 Å². The maximum absolute atomic E-state index is 11.7. The van der Waals surface area contributed by atoms with Crippen molar-refractivity contribution in [1.29, 1.82) is 0 Å². The second kappa shape index (κ2) is 6.81. The first-order chi connectivity index (χ1) is 10.3. The predicted molar refractivity (Wildman–Crippen MR) is 90.2 cm³/mol. The summed E-state index contributed by atoms with van der Waals surface area (Å²) in [6.45, 7) is 8.86. The monoisotopic (exact) mass is 326 g/mol. The molecule has 1 aromatic rings. The molecule has 0 spiro atoms. The van der Waals surface area contributed by atoms with E-state index < -0.39 is 9.84 Å². The van der Waals surface area contributed by atoms with Gasteiger partial charge in [0, 0.05) is 24.7 Å². The quantitative estimate of drug-likeness (QED) is 0.862. The maximum atomic E-state index is 11.7. The fraction of sp³-hybridized carbons (Fsp3) is 0.733. The minimum absolute atomic E-state index is 0.0146. The molecule has 2 rings (SSSR count). The van der Waals surface area contributed by atoms with Crippen molar-refractivity contribution >= 4 is 21.5 Å². The average Bonchev–Trinajstić information content (AvgIpc) is 2.79. The molecule has 1 aliphatic rings. The van der Waals surface area contributed by atoms with E-state index in [1.807, 2.05) is 19.9 Å². The molecule has 0 saturated carbocycles. The lowest BCUT2D eigenvalue weighted by molar-refractivity contribution is 0.599. The minimum Gasteiger partial charge on any atom is -0.367 e. The summed E-state index contributed by atoms with van der Waals surface area (Å²) in [6, 6.07) is 2.28. The van der Waals surface area contributed by atoms with Crippen LogP contribution in [0.15, 0.2) is 6.07 Å². The summed E-state index contributed by atoms with van der Waals surface area (Å²) in [5.74, 6) is 2.80. The second-order valence-corrected chi connectivity index (χ2v) is 8.18. The van der Waals surface area contributed by atoms with Gasteiger partial charge in [0.1, 0.15) is 17.5 Å². The highest BCUT2D eigenvalue weighted by Crippen LogP contribution is 2.24. The third-order valence-electron chi connectivity index (χ3n) is 4.12. The number of anilines is 2. The zero-order valence-electron chi connectivity index (χ0n) is 13.8. The molecule has 1 aliphatic heterocycles.